The number of piperazine rings is 1. The smallest absolute Gasteiger partial charge is 0.142 e. The highest BCUT2D eigenvalue weighted by Gasteiger charge is 2.24. The Morgan fingerprint density at radius 3 is 2.60 bits per heavy atom. The van der Waals surface area contributed by atoms with Crippen LogP contribution in [0.5, 0.6) is 0 Å². The van der Waals surface area contributed by atoms with Crippen LogP contribution in [0.4, 0.5) is 5.69 Å². The van der Waals surface area contributed by atoms with Gasteiger partial charge in [0.1, 0.15) is 6.23 Å². The maximum absolute atomic E-state index is 5.51. The summed E-state index contributed by atoms with van der Waals surface area (Å²) in [5.41, 5.74) is 1.25. The molecule has 1 fully saturated rings. The van der Waals surface area contributed by atoms with E-state index in [0.717, 1.165) is 19.6 Å². The minimum Gasteiger partial charge on any atom is -0.360 e. The summed E-state index contributed by atoms with van der Waals surface area (Å²) in [5, 5.41) is 0. The molecule has 0 aromatic heterocycles. The van der Waals surface area contributed by atoms with E-state index in [1.54, 1.807) is 7.11 Å². The number of likely N-dealkylation sites (N-methyl/N-ethyl adjacent to an activating group) is 1. The molecule has 0 amide bonds. The molecule has 0 aliphatic carbocycles. The molecule has 1 atom stereocenters. The van der Waals surface area contributed by atoms with Crippen LogP contribution in [0.15, 0.2) is 30.3 Å². The van der Waals surface area contributed by atoms with Crippen molar-refractivity contribution in [3.05, 3.63) is 30.3 Å². The zero-order chi connectivity index (χ0) is 10.7. The highest BCUT2D eigenvalue weighted by Crippen LogP contribution is 2.19. The van der Waals surface area contributed by atoms with Crippen LogP contribution in [-0.4, -0.2) is 44.9 Å². The zero-order valence-electron chi connectivity index (χ0n) is 9.39. The lowest BCUT2D eigenvalue weighted by Crippen LogP contribution is -2.52. The lowest BCUT2D eigenvalue weighted by molar-refractivity contribution is 0.0498. The van der Waals surface area contributed by atoms with Gasteiger partial charge in [-0.2, -0.15) is 0 Å². The molecule has 0 bridgehead atoms. The Morgan fingerprint density at radius 2 is 1.93 bits per heavy atom. The van der Waals surface area contributed by atoms with Crippen LogP contribution in [0.3, 0.4) is 0 Å². The van der Waals surface area contributed by atoms with Gasteiger partial charge in [0.15, 0.2) is 0 Å². The van der Waals surface area contributed by atoms with Crippen LogP contribution in [0.2, 0.25) is 0 Å². The van der Waals surface area contributed by atoms with Gasteiger partial charge in [0, 0.05) is 32.4 Å². The molecule has 3 heteroatoms. The van der Waals surface area contributed by atoms with Gasteiger partial charge in [-0.15, -0.1) is 0 Å². The van der Waals surface area contributed by atoms with Gasteiger partial charge in [0.2, 0.25) is 0 Å². The van der Waals surface area contributed by atoms with Crippen molar-refractivity contribution >= 4 is 5.69 Å². The Labute approximate surface area is 91.2 Å². The Bertz CT molecular complexity index is 302. The lowest BCUT2D eigenvalue weighted by atomic mass is 10.2. The first-order valence-corrected chi connectivity index (χ1v) is 5.34. The van der Waals surface area contributed by atoms with Gasteiger partial charge >= 0.3 is 0 Å². The summed E-state index contributed by atoms with van der Waals surface area (Å²) in [5.74, 6) is 0. The fourth-order valence-electron chi connectivity index (χ4n) is 2.00. The molecule has 2 rings (SSSR count). The van der Waals surface area contributed by atoms with E-state index < -0.39 is 0 Å². The van der Waals surface area contributed by atoms with Crippen molar-refractivity contribution in [1.82, 2.24) is 4.90 Å². The second kappa shape index (κ2) is 4.64. The molecule has 1 unspecified atom stereocenters. The summed E-state index contributed by atoms with van der Waals surface area (Å²) in [7, 11) is 3.91. The van der Waals surface area contributed by atoms with Crippen molar-refractivity contribution in [2.75, 3.05) is 38.7 Å². The third-order valence-electron chi connectivity index (χ3n) is 2.90. The lowest BCUT2D eigenvalue weighted by Gasteiger charge is -2.40. The zero-order valence-corrected chi connectivity index (χ0v) is 9.39. The number of anilines is 1. The van der Waals surface area contributed by atoms with Crippen molar-refractivity contribution in [2.24, 2.45) is 0 Å². The first kappa shape index (κ1) is 10.5. The largest absolute Gasteiger partial charge is 0.360 e. The van der Waals surface area contributed by atoms with Gasteiger partial charge in [-0.25, -0.2) is 0 Å². The number of methoxy groups -OCH3 is 1. The summed E-state index contributed by atoms with van der Waals surface area (Å²) < 4.78 is 5.51. The standard InChI is InChI=1S/C12H18N2O/c1-13-8-9-14(12(10-13)15-2)11-6-4-3-5-7-11/h3-7,12H,8-10H2,1-2H3. The second-order valence-electron chi connectivity index (χ2n) is 3.98. The molecule has 1 heterocycles. The van der Waals surface area contributed by atoms with Gasteiger partial charge < -0.3 is 14.5 Å². The average molecular weight is 206 g/mol. The fraction of sp³-hybridized carbons (Fsp3) is 0.500. The van der Waals surface area contributed by atoms with E-state index in [1.165, 1.54) is 5.69 Å². The number of para-hydroxylation sites is 1. The minimum absolute atomic E-state index is 0.172. The molecule has 0 saturated carbocycles. The number of rotatable bonds is 2. The molecule has 1 aliphatic heterocycles. The molecule has 3 nitrogen and oxygen atoms in total. The average Bonchev–Trinajstić information content (AvgIpc) is 2.30. The summed E-state index contributed by atoms with van der Waals surface area (Å²) in [6.07, 6.45) is 0.172. The number of hydrogen-bond donors (Lipinski definition) is 0. The SMILES string of the molecule is COC1CN(C)CCN1c1ccccc1. The molecular weight excluding hydrogens is 188 g/mol. The van der Waals surface area contributed by atoms with Gasteiger partial charge in [0.25, 0.3) is 0 Å². The van der Waals surface area contributed by atoms with Crippen LogP contribution >= 0.6 is 0 Å². The molecule has 0 N–H and O–H groups in total. The van der Waals surface area contributed by atoms with Crippen LogP contribution in [0.1, 0.15) is 0 Å². The quantitative estimate of drug-likeness (QED) is 0.727. The fourth-order valence-corrected chi connectivity index (χ4v) is 2.00. The number of ether oxygens (including phenoxy) is 1. The van der Waals surface area contributed by atoms with E-state index in [2.05, 4.69) is 41.1 Å². The topological polar surface area (TPSA) is 15.7 Å². The van der Waals surface area contributed by atoms with Gasteiger partial charge in [0.05, 0.1) is 0 Å². The molecule has 1 aliphatic rings. The van der Waals surface area contributed by atoms with Crippen LogP contribution < -0.4 is 4.90 Å². The predicted octanol–water partition coefficient (Wildman–Crippen LogP) is 1.41. The van der Waals surface area contributed by atoms with Crippen molar-refractivity contribution in [3.8, 4) is 0 Å². The summed E-state index contributed by atoms with van der Waals surface area (Å²) in [4.78, 5) is 4.62. The Kier molecular flexibility index (Phi) is 3.23. The molecule has 1 aromatic carbocycles. The van der Waals surface area contributed by atoms with Gasteiger partial charge in [-0.1, -0.05) is 18.2 Å². The molecule has 0 spiro atoms. The molecule has 15 heavy (non-hydrogen) atoms. The van der Waals surface area contributed by atoms with E-state index in [9.17, 15) is 0 Å². The van der Waals surface area contributed by atoms with E-state index in [1.807, 2.05) is 6.07 Å². The van der Waals surface area contributed by atoms with Gasteiger partial charge in [-0.05, 0) is 19.2 Å². The monoisotopic (exact) mass is 206 g/mol. The summed E-state index contributed by atoms with van der Waals surface area (Å²) in [6.45, 7) is 3.08. The van der Waals surface area contributed by atoms with Gasteiger partial charge in [-0.3, -0.25) is 0 Å². The Hall–Kier alpha value is -1.06. The molecule has 1 aromatic rings. The molecular formula is C12H18N2O. The van der Waals surface area contributed by atoms with E-state index in [4.69, 9.17) is 4.74 Å². The maximum Gasteiger partial charge on any atom is 0.142 e. The Morgan fingerprint density at radius 1 is 1.20 bits per heavy atom. The maximum atomic E-state index is 5.51. The first-order valence-electron chi connectivity index (χ1n) is 5.34. The molecule has 82 valence electrons. The number of nitrogens with zero attached hydrogens (tertiary/aromatic N) is 2. The number of hydrogen-bond acceptors (Lipinski definition) is 3. The highest BCUT2D eigenvalue weighted by atomic mass is 16.5. The molecule has 1 saturated heterocycles. The van der Waals surface area contributed by atoms with Crippen molar-refractivity contribution in [2.45, 2.75) is 6.23 Å². The summed E-state index contributed by atoms with van der Waals surface area (Å²) in [6, 6.07) is 10.5. The second-order valence-corrected chi connectivity index (χ2v) is 3.98. The first-order chi connectivity index (χ1) is 7.31. The minimum atomic E-state index is 0.172. The van der Waals surface area contributed by atoms with E-state index in [0.29, 0.717) is 0 Å². The van der Waals surface area contributed by atoms with Crippen molar-refractivity contribution in [3.63, 3.8) is 0 Å². The van der Waals surface area contributed by atoms with E-state index >= 15 is 0 Å². The third-order valence-corrected chi connectivity index (χ3v) is 2.90. The van der Waals surface area contributed by atoms with Crippen molar-refractivity contribution in [1.29, 1.82) is 0 Å². The van der Waals surface area contributed by atoms with Crippen molar-refractivity contribution < 1.29 is 4.74 Å². The van der Waals surface area contributed by atoms with E-state index in [-0.39, 0.29) is 6.23 Å². The van der Waals surface area contributed by atoms with Crippen LogP contribution in [0, 0.1) is 0 Å². The highest BCUT2D eigenvalue weighted by molar-refractivity contribution is 5.47. The summed E-state index contributed by atoms with van der Waals surface area (Å²) >= 11 is 0. The third kappa shape index (κ3) is 2.30. The Balaban J connectivity index is 2.14. The normalized spacial score (nSPS) is 23.1. The number of benzene rings is 1. The van der Waals surface area contributed by atoms with Crippen LogP contribution in [0.25, 0.3) is 0 Å². The molecule has 0 radical (unpaired) electrons. The predicted molar refractivity (Wildman–Crippen MR) is 62.1 cm³/mol. The van der Waals surface area contributed by atoms with Crippen LogP contribution in [-0.2, 0) is 4.74 Å².